The van der Waals surface area contributed by atoms with Crippen LogP contribution in [0.5, 0.6) is 0 Å². The fourth-order valence-electron chi connectivity index (χ4n) is 2.65. The van der Waals surface area contributed by atoms with E-state index in [2.05, 4.69) is 16.6 Å². The molecule has 1 aliphatic heterocycles. The van der Waals surface area contributed by atoms with Crippen LogP contribution >= 0.6 is 0 Å². The minimum atomic E-state index is -1.10. The van der Waals surface area contributed by atoms with Gasteiger partial charge in [0.25, 0.3) is 5.91 Å². The number of nitrogens with zero attached hydrogens (tertiary/aromatic N) is 1. The highest BCUT2D eigenvalue weighted by Gasteiger charge is 2.51. The Balaban J connectivity index is 1.98. The second-order valence-corrected chi connectivity index (χ2v) is 6.04. The van der Waals surface area contributed by atoms with Crippen molar-refractivity contribution in [2.75, 3.05) is 13.7 Å². The van der Waals surface area contributed by atoms with E-state index in [4.69, 9.17) is 9.47 Å². The smallest absolute Gasteiger partial charge is 0.408 e. The average molecular weight is 390 g/mol. The summed E-state index contributed by atoms with van der Waals surface area (Å²) in [6.07, 6.45) is -0.549. The summed E-state index contributed by atoms with van der Waals surface area (Å²) in [6.45, 7) is 4.65. The van der Waals surface area contributed by atoms with E-state index < -0.39 is 42.1 Å². The Labute approximate surface area is 162 Å². The van der Waals surface area contributed by atoms with Crippen LogP contribution in [0.2, 0.25) is 0 Å². The molecule has 1 N–H and O–H groups in total. The number of alkyl carbamates (subject to hydrolysis) is 1. The van der Waals surface area contributed by atoms with Crippen LogP contribution in [-0.2, 0) is 35.2 Å². The maximum absolute atomic E-state index is 12.4. The third-order valence-electron chi connectivity index (χ3n) is 4.10. The van der Waals surface area contributed by atoms with Crippen molar-refractivity contribution < 1.29 is 33.4 Å². The van der Waals surface area contributed by atoms with E-state index in [0.29, 0.717) is 0 Å². The number of hydrogen-bond donors (Lipinski definition) is 1. The Bertz CT molecular complexity index is 750. The molecule has 1 saturated heterocycles. The molecule has 28 heavy (non-hydrogen) atoms. The largest absolute Gasteiger partial charge is 0.469 e. The molecule has 150 valence electrons. The number of rotatable bonds is 8. The number of β-lactam (4-membered cyclic amide) rings is 1. The number of esters is 2. The lowest BCUT2D eigenvalue weighted by Gasteiger charge is -2.46. The first-order valence-electron chi connectivity index (χ1n) is 8.52. The summed E-state index contributed by atoms with van der Waals surface area (Å²) in [5.74, 6) is -2.53. The van der Waals surface area contributed by atoms with Gasteiger partial charge in [0.1, 0.15) is 6.61 Å². The monoisotopic (exact) mass is 390 g/mol. The molecule has 9 nitrogen and oxygen atoms in total. The van der Waals surface area contributed by atoms with Crippen LogP contribution < -0.4 is 5.32 Å². The molecule has 1 aromatic carbocycles. The van der Waals surface area contributed by atoms with Crippen LogP contribution in [0.4, 0.5) is 4.79 Å². The van der Waals surface area contributed by atoms with Crippen molar-refractivity contribution in [2.24, 2.45) is 5.92 Å². The molecular formula is C19H22N2O7. The van der Waals surface area contributed by atoms with Crippen molar-refractivity contribution in [3.05, 3.63) is 48.6 Å². The van der Waals surface area contributed by atoms with Crippen molar-refractivity contribution in [1.29, 1.82) is 0 Å². The molecule has 9 heteroatoms. The molecule has 2 amide bonds. The van der Waals surface area contributed by atoms with Gasteiger partial charge in [0.2, 0.25) is 6.23 Å². The van der Waals surface area contributed by atoms with Gasteiger partial charge in [-0.3, -0.25) is 14.4 Å². The Kier molecular flexibility index (Phi) is 7.14. The predicted octanol–water partition coefficient (Wildman–Crippen LogP) is 0.988. The van der Waals surface area contributed by atoms with Gasteiger partial charge in [-0.25, -0.2) is 4.79 Å². The van der Waals surface area contributed by atoms with Crippen LogP contribution in [0.3, 0.4) is 0 Å². The first kappa shape index (κ1) is 20.9. The van der Waals surface area contributed by atoms with E-state index in [1.54, 1.807) is 24.3 Å². The van der Waals surface area contributed by atoms with Crippen LogP contribution in [0.15, 0.2) is 43.0 Å². The van der Waals surface area contributed by atoms with E-state index >= 15 is 0 Å². The van der Waals surface area contributed by atoms with Crippen molar-refractivity contribution in [1.82, 2.24) is 10.2 Å². The Morgan fingerprint density at radius 2 is 1.96 bits per heavy atom. The quantitative estimate of drug-likeness (QED) is 0.305. The number of carbonyl (C=O) groups excluding carboxylic acids is 4. The number of methoxy groups -OCH3 is 1. The van der Waals surface area contributed by atoms with Crippen LogP contribution in [0, 0.1) is 5.92 Å². The standard InChI is InChI=1S/C19H22N2O7/c1-4-14(18(24)26-3)10-21-16(23)15(17(21)28-12(2)22)20-19(25)27-11-13-8-6-5-7-9-13/h4-9,14-15,17H,1,10-11H2,2-3H3,(H,20,25)/t14?,15-,17+/m1/s1. The summed E-state index contributed by atoms with van der Waals surface area (Å²) < 4.78 is 14.8. The summed E-state index contributed by atoms with van der Waals surface area (Å²) in [5.41, 5.74) is 0.780. The minimum Gasteiger partial charge on any atom is -0.469 e. The molecule has 0 spiro atoms. The zero-order valence-electron chi connectivity index (χ0n) is 15.6. The number of benzene rings is 1. The second-order valence-electron chi connectivity index (χ2n) is 6.04. The molecule has 3 atom stereocenters. The fourth-order valence-corrected chi connectivity index (χ4v) is 2.65. The van der Waals surface area contributed by atoms with Crippen LogP contribution in [-0.4, -0.2) is 54.8 Å². The number of hydrogen-bond acceptors (Lipinski definition) is 7. The number of ether oxygens (including phenoxy) is 3. The topological polar surface area (TPSA) is 111 Å². The number of amides is 2. The van der Waals surface area contributed by atoms with Gasteiger partial charge in [0.05, 0.1) is 13.0 Å². The maximum atomic E-state index is 12.4. The van der Waals surface area contributed by atoms with Crippen molar-refractivity contribution in [3.63, 3.8) is 0 Å². The molecule has 0 saturated carbocycles. The molecule has 2 rings (SSSR count). The first-order chi connectivity index (χ1) is 13.4. The molecule has 0 bridgehead atoms. The second kappa shape index (κ2) is 9.54. The predicted molar refractivity (Wildman–Crippen MR) is 96.5 cm³/mol. The van der Waals surface area contributed by atoms with E-state index in [1.165, 1.54) is 20.1 Å². The number of nitrogens with one attached hydrogen (secondary N) is 1. The fraction of sp³-hybridized carbons (Fsp3) is 0.368. The zero-order chi connectivity index (χ0) is 20.7. The van der Waals surface area contributed by atoms with Crippen LogP contribution in [0.1, 0.15) is 12.5 Å². The van der Waals surface area contributed by atoms with E-state index in [0.717, 1.165) is 10.5 Å². The Morgan fingerprint density at radius 1 is 1.29 bits per heavy atom. The normalized spacial score (nSPS) is 19.1. The van der Waals surface area contributed by atoms with E-state index in [-0.39, 0.29) is 13.2 Å². The summed E-state index contributed by atoms with van der Waals surface area (Å²) in [6, 6.07) is 7.91. The third-order valence-corrected chi connectivity index (χ3v) is 4.10. The summed E-state index contributed by atoms with van der Waals surface area (Å²) in [7, 11) is 1.22. The van der Waals surface area contributed by atoms with Gasteiger partial charge in [0, 0.05) is 13.5 Å². The lowest BCUT2D eigenvalue weighted by atomic mass is 10.0. The third kappa shape index (κ3) is 5.09. The first-order valence-corrected chi connectivity index (χ1v) is 8.52. The van der Waals surface area contributed by atoms with Gasteiger partial charge in [-0.15, -0.1) is 6.58 Å². The highest BCUT2D eigenvalue weighted by Crippen LogP contribution is 2.24. The number of likely N-dealkylation sites (tertiary alicyclic amines) is 1. The van der Waals surface area contributed by atoms with Crippen molar-refractivity contribution in [2.45, 2.75) is 25.8 Å². The Hall–Kier alpha value is -3.36. The number of carbonyl (C=O) groups is 4. The van der Waals surface area contributed by atoms with Crippen molar-refractivity contribution in [3.8, 4) is 0 Å². The average Bonchev–Trinajstić information content (AvgIpc) is 2.70. The lowest BCUT2D eigenvalue weighted by Crippen LogP contribution is -2.72. The van der Waals surface area contributed by atoms with Gasteiger partial charge in [-0.1, -0.05) is 36.4 Å². The summed E-state index contributed by atoms with van der Waals surface area (Å²) in [5, 5.41) is 2.38. The summed E-state index contributed by atoms with van der Waals surface area (Å²) >= 11 is 0. The maximum Gasteiger partial charge on any atom is 0.408 e. The highest BCUT2D eigenvalue weighted by molar-refractivity contribution is 5.93. The lowest BCUT2D eigenvalue weighted by molar-refractivity contribution is -0.190. The van der Waals surface area contributed by atoms with Gasteiger partial charge in [-0.2, -0.15) is 0 Å². The van der Waals surface area contributed by atoms with E-state index in [1.807, 2.05) is 6.07 Å². The molecule has 0 aromatic heterocycles. The Morgan fingerprint density at radius 3 is 2.54 bits per heavy atom. The van der Waals surface area contributed by atoms with Crippen LogP contribution in [0.25, 0.3) is 0 Å². The van der Waals surface area contributed by atoms with Crippen molar-refractivity contribution >= 4 is 23.9 Å². The highest BCUT2D eigenvalue weighted by atomic mass is 16.6. The van der Waals surface area contributed by atoms with Gasteiger partial charge in [0.15, 0.2) is 6.04 Å². The molecule has 1 heterocycles. The molecular weight excluding hydrogens is 368 g/mol. The zero-order valence-corrected chi connectivity index (χ0v) is 15.6. The molecule has 1 unspecified atom stereocenters. The molecule has 0 radical (unpaired) electrons. The van der Waals surface area contributed by atoms with Gasteiger partial charge < -0.3 is 24.4 Å². The summed E-state index contributed by atoms with van der Waals surface area (Å²) in [4.78, 5) is 48.6. The van der Waals surface area contributed by atoms with Gasteiger partial charge >= 0.3 is 18.0 Å². The molecule has 0 aliphatic carbocycles. The van der Waals surface area contributed by atoms with E-state index in [9.17, 15) is 19.2 Å². The minimum absolute atomic E-state index is 0.0242. The molecule has 1 aliphatic rings. The molecule has 1 aromatic rings. The van der Waals surface area contributed by atoms with Gasteiger partial charge in [-0.05, 0) is 5.56 Å². The SMILES string of the molecule is C=CC(CN1C(=O)[C@@H](NC(=O)OCc2ccccc2)[C@@H]1OC(C)=O)C(=O)OC. The molecule has 1 fully saturated rings.